The Balaban J connectivity index is 1.86. The number of carbonyl (C=O) groups is 3. The molecule has 29 heavy (non-hydrogen) atoms. The molecule has 0 spiro atoms. The fourth-order valence-electron chi connectivity index (χ4n) is 5.31. The van der Waals surface area contributed by atoms with Gasteiger partial charge in [0.1, 0.15) is 6.04 Å². The minimum absolute atomic E-state index is 0.291. The second kappa shape index (κ2) is 7.68. The lowest BCUT2D eigenvalue weighted by Gasteiger charge is -2.49. The minimum Gasteiger partial charge on any atom is -0.411 e. The average Bonchev–Trinajstić information content (AvgIpc) is 2.88. The summed E-state index contributed by atoms with van der Waals surface area (Å²) in [5, 5.41) is 2.89. The molecule has 2 aliphatic rings. The summed E-state index contributed by atoms with van der Waals surface area (Å²) in [7, 11) is -2.16. The van der Waals surface area contributed by atoms with Gasteiger partial charge < -0.3 is 9.74 Å². The van der Waals surface area contributed by atoms with Crippen LogP contribution in [0.1, 0.15) is 69.2 Å². The fraction of sp³-hybridized carbons (Fsp3) is 0.591. The van der Waals surface area contributed by atoms with Gasteiger partial charge in [0.25, 0.3) is 11.8 Å². The second-order valence-electron chi connectivity index (χ2n) is 9.15. The Kier molecular flexibility index (Phi) is 5.75. The molecule has 0 aromatic heterocycles. The predicted molar refractivity (Wildman–Crippen MR) is 114 cm³/mol. The normalized spacial score (nSPS) is 23.0. The Morgan fingerprint density at radius 1 is 0.862 bits per heavy atom. The molecular weight excluding hydrogens is 384 g/mol. The van der Waals surface area contributed by atoms with Crippen molar-refractivity contribution in [1.29, 1.82) is 0 Å². The molecule has 1 aromatic rings. The van der Waals surface area contributed by atoms with Crippen molar-refractivity contribution in [2.45, 2.75) is 83.3 Å². The van der Waals surface area contributed by atoms with Crippen LogP contribution < -0.4 is 5.32 Å². The topological polar surface area (TPSA) is 75.7 Å². The van der Waals surface area contributed by atoms with Crippen molar-refractivity contribution in [3.8, 4) is 0 Å². The quantitative estimate of drug-likeness (QED) is 0.417. The SMILES string of the molecule is CC(C)[Si](O[C@H](C)[C@@H]1NC(=O)[C@H]1N1C(=O)c2ccccc2C1=O)(C(C)C)C(C)C. The molecule has 158 valence electrons. The van der Waals surface area contributed by atoms with Crippen molar-refractivity contribution in [1.82, 2.24) is 10.2 Å². The third kappa shape index (κ3) is 3.24. The van der Waals surface area contributed by atoms with Gasteiger partial charge in [0.15, 0.2) is 0 Å². The minimum atomic E-state index is -2.16. The molecule has 0 saturated carbocycles. The molecule has 0 aliphatic carbocycles. The van der Waals surface area contributed by atoms with Crippen molar-refractivity contribution in [2.75, 3.05) is 0 Å². The summed E-state index contributed by atoms with van der Waals surface area (Å²) < 4.78 is 6.79. The van der Waals surface area contributed by atoms with Crippen LogP contribution in [-0.2, 0) is 9.22 Å². The monoisotopic (exact) mass is 416 g/mol. The van der Waals surface area contributed by atoms with E-state index < -0.39 is 32.2 Å². The van der Waals surface area contributed by atoms with Crippen LogP contribution in [0.5, 0.6) is 0 Å². The number of amides is 3. The molecule has 1 fully saturated rings. The van der Waals surface area contributed by atoms with Gasteiger partial charge in [0.05, 0.1) is 23.3 Å². The van der Waals surface area contributed by atoms with Crippen LogP contribution in [0.15, 0.2) is 24.3 Å². The van der Waals surface area contributed by atoms with Gasteiger partial charge in [-0.05, 0) is 35.7 Å². The third-order valence-corrected chi connectivity index (χ3v) is 12.8. The van der Waals surface area contributed by atoms with Crippen LogP contribution in [0.25, 0.3) is 0 Å². The van der Waals surface area contributed by atoms with Crippen molar-refractivity contribution < 1.29 is 18.8 Å². The molecule has 0 radical (unpaired) electrons. The number of benzene rings is 1. The van der Waals surface area contributed by atoms with Crippen LogP contribution in [0.2, 0.25) is 16.6 Å². The summed E-state index contributed by atoms with van der Waals surface area (Å²) in [6.45, 7) is 15.2. The molecule has 2 heterocycles. The van der Waals surface area contributed by atoms with E-state index in [1.54, 1.807) is 24.3 Å². The summed E-state index contributed by atoms with van der Waals surface area (Å²) in [4.78, 5) is 39.3. The Morgan fingerprint density at radius 2 is 1.31 bits per heavy atom. The molecule has 3 atom stereocenters. The lowest BCUT2D eigenvalue weighted by atomic mass is 9.93. The molecular formula is C22H32N2O4Si. The van der Waals surface area contributed by atoms with Crippen LogP contribution in [-0.4, -0.2) is 49.1 Å². The number of hydrogen-bond acceptors (Lipinski definition) is 4. The molecule has 0 unspecified atom stereocenters. The summed E-state index contributed by atoms with van der Waals surface area (Å²) in [5.41, 5.74) is 1.93. The van der Waals surface area contributed by atoms with E-state index in [0.717, 1.165) is 4.90 Å². The number of nitrogens with one attached hydrogen (secondary N) is 1. The fourth-order valence-corrected chi connectivity index (χ4v) is 10.9. The van der Waals surface area contributed by atoms with Crippen molar-refractivity contribution in [3.63, 3.8) is 0 Å². The van der Waals surface area contributed by atoms with Crippen LogP contribution in [0.3, 0.4) is 0 Å². The predicted octanol–water partition coefficient (Wildman–Crippen LogP) is 3.73. The smallest absolute Gasteiger partial charge is 0.262 e. The number of carbonyl (C=O) groups excluding carboxylic acids is 3. The van der Waals surface area contributed by atoms with Gasteiger partial charge in [0.2, 0.25) is 14.2 Å². The van der Waals surface area contributed by atoms with Crippen molar-refractivity contribution in [3.05, 3.63) is 35.4 Å². The average molecular weight is 417 g/mol. The van der Waals surface area contributed by atoms with Gasteiger partial charge >= 0.3 is 0 Å². The van der Waals surface area contributed by atoms with E-state index >= 15 is 0 Å². The van der Waals surface area contributed by atoms with Gasteiger partial charge in [-0.3, -0.25) is 19.3 Å². The highest BCUT2D eigenvalue weighted by Crippen LogP contribution is 2.44. The van der Waals surface area contributed by atoms with E-state index in [0.29, 0.717) is 27.8 Å². The van der Waals surface area contributed by atoms with E-state index in [2.05, 4.69) is 46.9 Å². The first-order valence-corrected chi connectivity index (χ1v) is 12.6. The van der Waals surface area contributed by atoms with Gasteiger partial charge in [-0.2, -0.15) is 0 Å². The Hall–Kier alpha value is -1.99. The van der Waals surface area contributed by atoms with Crippen LogP contribution in [0, 0.1) is 0 Å². The standard InChI is InChI=1S/C22H32N2O4Si/c1-12(2)29(13(3)4,14(5)6)28-15(7)18-19(20(25)23-18)24-21(26)16-10-8-9-11-17(16)22(24)27/h8-15,18-19H,1-7H3,(H,23,25)/t15-,18+,19+/m1/s1. The van der Waals surface area contributed by atoms with Gasteiger partial charge in [-0.15, -0.1) is 0 Å². The maximum atomic E-state index is 12.9. The Bertz CT molecular complexity index is 779. The number of nitrogens with zero attached hydrogens (tertiary/aromatic N) is 1. The van der Waals surface area contributed by atoms with Crippen molar-refractivity contribution >= 4 is 26.0 Å². The molecule has 3 amide bonds. The van der Waals surface area contributed by atoms with Gasteiger partial charge in [-0.1, -0.05) is 53.7 Å². The van der Waals surface area contributed by atoms with Gasteiger partial charge in [0, 0.05) is 0 Å². The molecule has 2 aliphatic heterocycles. The molecule has 1 saturated heterocycles. The highest BCUT2D eigenvalue weighted by molar-refractivity contribution is 6.77. The zero-order chi connectivity index (χ0) is 21.7. The first kappa shape index (κ1) is 21.7. The summed E-state index contributed by atoms with van der Waals surface area (Å²) in [6.07, 6.45) is -0.291. The summed E-state index contributed by atoms with van der Waals surface area (Å²) >= 11 is 0. The van der Waals surface area contributed by atoms with Gasteiger partial charge in [-0.25, -0.2) is 0 Å². The third-order valence-electron chi connectivity index (χ3n) is 6.62. The van der Waals surface area contributed by atoms with Crippen molar-refractivity contribution in [2.24, 2.45) is 0 Å². The number of hydrogen-bond donors (Lipinski definition) is 1. The highest BCUT2D eigenvalue weighted by Gasteiger charge is 2.55. The van der Waals surface area contributed by atoms with E-state index in [1.165, 1.54) is 0 Å². The van der Waals surface area contributed by atoms with Crippen LogP contribution in [0.4, 0.5) is 0 Å². The maximum absolute atomic E-state index is 12.9. The van der Waals surface area contributed by atoms with E-state index in [4.69, 9.17) is 4.43 Å². The summed E-state index contributed by atoms with van der Waals surface area (Å²) in [6, 6.07) is 5.50. The molecule has 3 rings (SSSR count). The number of β-lactam (4-membered cyclic amide) rings is 1. The maximum Gasteiger partial charge on any atom is 0.262 e. The van der Waals surface area contributed by atoms with E-state index in [1.807, 2.05) is 6.92 Å². The van der Waals surface area contributed by atoms with E-state index in [9.17, 15) is 14.4 Å². The first-order valence-electron chi connectivity index (χ1n) is 10.5. The molecule has 7 heteroatoms. The molecule has 6 nitrogen and oxygen atoms in total. The summed E-state index contributed by atoms with van der Waals surface area (Å²) in [5.74, 6) is -1.10. The Labute approximate surface area is 174 Å². The second-order valence-corrected chi connectivity index (χ2v) is 14.6. The zero-order valence-corrected chi connectivity index (χ0v) is 19.4. The number of fused-ring (bicyclic) bond motifs is 1. The largest absolute Gasteiger partial charge is 0.411 e. The molecule has 0 bridgehead atoms. The lowest BCUT2D eigenvalue weighted by molar-refractivity contribution is -0.138. The molecule has 1 N–H and O–H groups in total. The van der Waals surface area contributed by atoms with Crippen LogP contribution >= 0.6 is 0 Å². The highest BCUT2D eigenvalue weighted by atomic mass is 28.4. The number of imide groups is 1. The molecule has 1 aromatic carbocycles. The lowest BCUT2D eigenvalue weighted by Crippen LogP contribution is -2.74. The zero-order valence-electron chi connectivity index (χ0n) is 18.4. The first-order chi connectivity index (χ1) is 13.5. The number of rotatable bonds is 7. The Morgan fingerprint density at radius 3 is 1.69 bits per heavy atom. The van der Waals surface area contributed by atoms with E-state index in [-0.39, 0.29) is 12.0 Å².